The van der Waals surface area contributed by atoms with Gasteiger partial charge in [0, 0.05) is 0 Å². The molecule has 0 saturated heterocycles. The van der Waals surface area contributed by atoms with Gasteiger partial charge in [-0.3, -0.25) is 0 Å². The molecule has 0 heterocycles. The van der Waals surface area contributed by atoms with Gasteiger partial charge in [-0.2, -0.15) is 0 Å². The molecule has 0 rings (SSSR count). The maximum absolute atomic E-state index is 8.49. The first-order valence-corrected chi connectivity index (χ1v) is 7.41. The van der Waals surface area contributed by atoms with E-state index in [2.05, 4.69) is 0 Å². The van der Waals surface area contributed by atoms with Crippen molar-refractivity contribution in [2.45, 2.75) is 0 Å². The topological polar surface area (TPSA) is 369 Å². The zero-order chi connectivity index (χ0) is 18.0. The number of rotatable bonds is 0. The largest absolute Gasteiger partial charge is 3.00 e. The van der Waals surface area contributed by atoms with Gasteiger partial charge in [0.25, 0.3) is 0 Å². The average Bonchev–Trinajstić information content (AvgIpc) is 1.62. The van der Waals surface area contributed by atoms with E-state index in [9.17, 15) is 0 Å². The van der Waals surface area contributed by atoms with Crippen LogP contribution in [0.5, 0.6) is 0 Å². The molecule has 16 nitrogen and oxygen atoms in total. The van der Waals surface area contributed by atoms with E-state index in [1.165, 1.54) is 0 Å². The van der Waals surface area contributed by atoms with E-state index in [0.717, 1.165) is 0 Å². The summed E-state index contributed by atoms with van der Waals surface area (Å²) in [4.78, 5) is 0. The molecule has 0 saturated carbocycles. The van der Waals surface area contributed by atoms with Gasteiger partial charge < -0.3 is 0 Å². The van der Waals surface area contributed by atoms with Gasteiger partial charge in [-0.05, 0) is 0 Å². The summed E-state index contributed by atoms with van der Waals surface area (Å²) in [7, 11) is -19.8. The van der Waals surface area contributed by atoms with E-state index in [0.29, 0.717) is 0 Å². The maximum atomic E-state index is 8.49. The number of halogens is 4. The molecular weight excluding hydrogens is 559 g/mol. The van der Waals surface area contributed by atoms with Crippen LogP contribution in [0.2, 0.25) is 0 Å². The van der Waals surface area contributed by atoms with Crippen molar-refractivity contribution in [1.29, 1.82) is 0 Å². The predicted molar refractivity (Wildman–Crippen MR) is 5.75 cm³/mol. The van der Waals surface area contributed by atoms with E-state index >= 15 is 0 Å². The van der Waals surface area contributed by atoms with Crippen molar-refractivity contribution in [2.75, 3.05) is 0 Å². The Morgan fingerprint density at radius 2 is 0.273 bits per heavy atom. The van der Waals surface area contributed by atoms with Crippen molar-refractivity contribution in [3.63, 3.8) is 0 Å². The summed E-state index contributed by atoms with van der Waals surface area (Å²) < 4.78 is 136. The van der Waals surface area contributed by atoms with Crippen LogP contribution in [0, 0.1) is 41.0 Å². The van der Waals surface area contributed by atoms with Gasteiger partial charge in [0.1, 0.15) is 0 Å². The Balaban J connectivity index is -0.0000000376. The minimum Gasteiger partial charge on any atom is -0.222 e. The van der Waals surface area contributed by atoms with E-state index in [1.54, 1.807) is 0 Å². The van der Waals surface area contributed by atoms with Gasteiger partial charge in [0.2, 0.25) is 0 Å². The number of hydrogen-bond donors (Lipinski definition) is 0. The van der Waals surface area contributed by atoms with Crippen molar-refractivity contribution in [1.82, 2.24) is 0 Å². The van der Waals surface area contributed by atoms with Crippen LogP contribution in [0.1, 0.15) is 0 Å². The summed E-state index contributed by atoms with van der Waals surface area (Å²) in [6, 6.07) is 0. The quantitative estimate of drug-likeness (QED) is 0.249. The molecule has 0 aromatic heterocycles. The second-order valence-electron chi connectivity index (χ2n) is 1.51. The predicted octanol–water partition coefficient (Wildman–Crippen LogP) is -22.4. The van der Waals surface area contributed by atoms with Crippen LogP contribution in [0.15, 0.2) is 0 Å². The van der Waals surface area contributed by atoms with Crippen molar-refractivity contribution in [3.8, 4) is 0 Å². The molecule has 0 aromatic rings. The Labute approximate surface area is 188 Å². The maximum Gasteiger partial charge on any atom is 3.00 e. The molecule has 0 atom stereocenters. The van der Waals surface area contributed by atoms with Crippen LogP contribution >= 0.6 is 0 Å². The molecule has 0 aliphatic heterocycles. The second-order valence-corrected chi connectivity index (χ2v) is 4.54. The fourth-order valence-electron chi connectivity index (χ4n) is 0. The van der Waals surface area contributed by atoms with Crippen LogP contribution in [0.3, 0.4) is 0 Å². The van der Waals surface area contributed by atoms with Gasteiger partial charge in [0.05, 0.1) is 0 Å². The molecule has 0 unspecified atom stereocenters. The van der Waals surface area contributed by atoms with Crippen molar-refractivity contribution >= 4 is 24.4 Å². The molecule has 0 fully saturated rings. The van der Waals surface area contributed by atoms with E-state index in [-0.39, 0.29) is 75.8 Å². The summed E-state index contributed by atoms with van der Waals surface area (Å²) in [6.45, 7) is 0. The first-order valence-electron chi connectivity index (χ1n) is 2.47. The van der Waals surface area contributed by atoms with E-state index in [4.69, 9.17) is 74.5 Å². The summed E-state index contributed by atoms with van der Waals surface area (Å²) >= 11 is 0. The molecule has 0 aliphatic rings. The summed E-state index contributed by atoms with van der Waals surface area (Å²) in [6.07, 6.45) is 0. The molecule has 0 aromatic carbocycles. The third-order valence-electron chi connectivity index (χ3n) is 0. The van der Waals surface area contributed by atoms with Crippen LogP contribution in [0.4, 0.5) is 0 Å². The standard InChI is InChI=1S/4ClHO4.K.Sb/c4*2-1(3,4)5;;/h4*(H,2,3,4,5);;/q;;;;+1;+3/p-4. The van der Waals surface area contributed by atoms with Gasteiger partial charge in [-0.25, -0.2) is 74.5 Å². The van der Waals surface area contributed by atoms with Crippen LogP contribution in [-0.2, 0) is 0 Å². The molecule has 0 N–H and O–H groups in total. The third kappa shape index (κ3) is 1250. The zero-order valence-electron chi connectivity index (χ0n) is 9.49. The van der Waals surface area contributed by atoms with Crippen LogP contribution < -0.4 is 126 Å². The zero-order valence-corrected chi connectivity index (χ0v) is 18.2. The summed E-state index contributed by atoms with van der Waals surface area (Å²) in [5.74, 6) is 0. The summed E-state index contributed by atoms with van der Waals surface area (Å²) in [5, 5.41) is 0. The van der Waals surface area contributed by atoms with Crippen LogP contribution in [-0.4, -0.2) is 24.4 Å². The monoisotopic (exact) mass is 556 g/mol. The molecule has 0 spiro atoms. The SMILES string of the molecule is [K+].[O-][Cl+3]([O-])([O-])[O-].[O-][Cl+3]([O-])([O-])[O-].[O-][Cl+3]([O-])([O-])[O-].[O-][Cl+3]([O-])([O-])[O-].[Sb+3]. The molecule has 22 heteroatoms. The Bertz CT molecular complexity index is 136. The minimum atomic E-state index is -4.94. The van der Waals surface area contributed by atoms with E-state index in [1.807, 2.05) is 0 Å². The Morgan fingerprint density at radius 3 is 0.273 bits per heavy atom. The molecular formula is Cl4KO16Sb. The fraction of sp³-hybridized carbons (Fsp3) is 0. The molecule has 0 bridgehead atoms. The van der Waals surface area contributed by atoms with Gasteiger partial charge >= 0.3 is 75.8 Å². The minimum absolute atomic E-state index is 0. The molecule has 22 heavy (non-hydrogen) atoms. The van der Waals surface area contributed by atoms with Gasteiger partial charge in [-0.1, -0.05) is 0 Å². The smallest absolute Gasteiger partial charge is 0.222 e. The van der Waals surface area contributed by atoms with Crippen molar-refractivity contribution in [3.05, 3.63) is 0 Å². The first-order chi connectivity index (χ1) is 8.00. The van der Waals surface area contributed by atoms with Crippen LogP contribution in [0.25, 0.3) is 0 Å². The molecule has 2 radical (unpaired) electrons. The Morgan fingerprint density at radius 1 is 0.273 bits per heavy atom. The Kier molecular flexibility index (Phi) is 31.5. The second kappa shape index (κ2) is 17.4. The third-order valence-corrected chi connectivity index (χ3v) is 0. The molecule has 0 amide bonds. The number of hydrogen-bond acceptors (Lipinski definition) is 16. The molecule has 130 valence electrons. The van der Waals surface area contributed by atoms with E-state index < -0.39 is 41.0 Å². The summed E-state index contributed by atoms with van der Waals surface area (Å²) in [5.41, 5.74) is 0. The molecule has 0 aliphatic carbocycles. The Hall–Kier alpha value is 2.97. The van der Waals surface area contributed by atoms with Gasteiger partial charge in [0.15, 0.2) is 0 Å². The van der Waals surface area contributed by atoms with Crippen molar-refractivity contribution in [2.24, 2.45) is 0 Å². The fourth-order valence-corrected chi connectivity index (χ4v) is 0. The first kappa shape index (κ1) is 39.9. The van der Waals surface area contributed by atoms with Gasteiger partial charge in [-0.15, -0.1) is 41.0 Å². The van der Waals surface area contributed by atoms with Crippen molar-refractivity contribution < 1.29 is 167 Å². The normalized spacial score (nSPS) is 10.9. The average molecular weight is 559 g/mol.